The molecule has 0 saturated carbocycles. The number of hydrogen-bond acceptors (Lipinski definition) is 2. The summed E-state index contributed by atoms with van der Waals surface area (Å²) in [7, 11) is 0. The zero-order valence-corrected chi connectivity index (χ0v) is 14.6. The molecule has 1 nitrogen and oxygen atoms in total. The minimum Gasteiger partial charge on any atom is -0.260 e. The summed E-state index contributed by atoms with van der Waals surface area (Å²) in [5.41, 5.74) is 3.67. The Morgan fingerprint density at radius 1 is 1.00 bits per heavy atom. The molecule has 1 heterocycles. The molecule has 0 fully saturated rings. The topological polar surface area (TPSA) is 12.4 Å². The van der Waals surface area contributed by atoms with Gasteiger partial charge in [0.05, 0.1) is 10.6 Å². The Labute approximate surface area is 128 Å². The van der Waals surface area contributed by atoms with Gasteiger partial charge in [-0.2, -0.15) is 0 Å². The monoisotopic (exact) mass is 289 g/mol. The summed E-state index contributed by atoms with van der Waals surface area (Å²) in [6.45, 7) is 14.3. The van der Waals surface area contributed by atoms with E-state index in [0.29, 0.717) is 0 Å². The van der Waals surface area contributed by atoms with Gasteiger partial charge in [-0.15, -0.1) is 11.3 Å². The minimum absolute atomic E-state index is 1.06. The Morgan fingerprint density at radius 2 is 1.60 bits per heavy atom. The number of thiophene rings is 1. The molecule has 1 rings (SSSR count). The van der Waals surface area contributed by atoms with E-state index in [2.05, 4.69) is 56.1 Å². The fraction of sp³-hybridized carbons (Fsp3) is 0.389. The van der Waals surface area contributed by atoms with Crippen LogP contribution in [0.25, 0.3) is 17.8 Å². The van der Waals surface area contributed by atoms with Gasteiger partial charge in [0.25, 0.3) is 0 Å². The van der Waals surface area contributed by atoms with Crippen LogP contribution in [0.4, 0.5) is 0 Å². The highest BCUT2D eigenvalue weighted by Crippen LogP contribution is 2.35. The molecule has 110 valence electrons. The summed E-state index contributed by atoms with van der Waals surface area (Å²) < 4.78 is 0. The predicted octanol–water partition coefficient (Wildman–Crippen LogP) is 6.60. The molecule has 0 atom stereocenters. The Kier molecular flexibility index (Phi) is 9.65. The van der Waals surface area contributed by atoms with Crippen molar-refractivity contribution in [1.29, 1.82) is 0 Å². The zero-order chi connectivity index (χ0) is 15.5. The van der Waals surface area contributed by atoms with Crippen LogP contribution in [0.2, 0.25) is 0 Å². The summed E-state index contributed by atoms with van der Waals surface area (Å²) in [5.74, 6) is 0. The second-order valence-corrected chi connectivity index (χ2v) is 4.95. The number of rotatable bonds is 4. The molecule has 0 N–H and O–H groups in total. The van der Waals surface area contributed by atoms with Crippen LogP contribution in [0.15, 0.2) is 23.2 Å². The van der Waals surface area contributed by atoms with Gasteiger partial charge in [-0.05, 0) is 51.8 Å². The first-order chi connectivity index (χ1) is 9.69. The molecular formula is C18H27NS. The Hall–Kier alpha value is -1.41. The number of allylic oxidation sites excluding steroid dienone is 3. The molecule has 2 heteroatoms. The van der Waals surface area contributed by atoms with Crippen molar-refractivity contribution in [2.75, 3.05) is 0 Å². The lowest BCUT2D eigenvalue weighted by atomic mass is 10.1. The molecule has 0 aliphatic heterocycles. The molecule has 20 heavy (non-hydrogen) atoms. The number of nitrogens with zero attached hydrogens (tertiary/aromatic N) is 1. The highest BCUT2D eigenvalue weighted by molar-refractivity contribution is 7.14. The van der Waals surface area contributed by atoms with Crippen molar-refractivity contribution in [2.24, 2.45) is 4.99 Å². The van der Waals surface area contributed by atoms with E-state index in [4.69, 9.17) is 0 Å². The van der Waals surface area contributed by atoms with E-state index in [0.717, 1.165) is 5.70 Å². The maximum atomic E-state index is 4.45. The molecule has 0 spiro atoms. The second-order valence-electron chi connectivity index (χ2n) is 3.90. The third kappa shape index (κ3) is 4.61. The first kappa shape index (κ1) is 18.6. The van der Waals surface area contributed by atoms with Crippen LogP contribution in [-0.4, -0.2) is 6.21 Å². The summed E-state index contributed by atoms with van der Waals surface area (Å²) in [6.07, 6.45) is 12.4. The van der Waals surface area contributed by atoms with Crippen molar-refractivity contribution in [3.63, 3.8) is 0 Å². The van der Waals surface area contributed by atoms with Gasteiger partial charge in [0.2, 0.25) is 0 Å². The third-order valence-corrected chi connectivity index (χ3v) is 3.94. The van der Waals surface area contributed by atoms with Crippen LogP contribution in [0.1, 0.15) is 62.4 Å². The van der Waals surface area contributed by atoms with Gasteiger partial charge < -0.3 is 0 Å². The highest BCUT2D eigenvalue weighted by atomic mass is 32.1. The van der Waals surface area contributed by atoms with Crippen LogP contribution in [0.5, 0.6) is 0 Å². The van der Waals surface area contributed by atoms with E-state index >= 15 is 0 Å². The Balaban J connectivity index is 0.00000172. The largest absolute Gasteiger partial charge is 0.260 e. The Bertz CT molecular complexity index is 514. The zero-order valence-electron chi connectivity index (χ0n) is 13.8. The average Bonchev–Trinajstić information content (AvgIpc) is 2.77. The lowest BCUT2D eigenvalue weighted by molar-refractivity contribution is 1.44. The first-order valence-corrected chi connectivity index (χ1v) is 8.05. The summed E-state index contributed by atoms with van der Waals surface area (Å²) in [4.78, 5) is 7.01. The molecule has 0 aliphatic carbocycles. The van der Waals surface area contributed by atoms with Crippen molar-refractivity contribution >= 4 is 35.4 Å². The molecule has 1 aromatic heterocycles. The summed E-state index contributed by atoms with van der Waals surface area (Å²) in [5, 5.41) is 0. The lowest BCUT2D eigenvalue weighted by Crippen LogP contribution is -1.82. The molecule has 0 amide bonds. The van der Waals surface area contributed by atoms with Crippen molar-refractivity contribution in [1.82, 2.24) is 0 Å². The predicted molar refractivity (Wildman–Crippen MR) is 97.6 cm³/mol. The van der Waals surface area contributed by atoms with Gasteiger partial charge in [0, 0.05) is 11.1 Å². The van der Waals surface area contributed by atoms with Gasteiger partial charge in [0.15, 0.2) is 0 Å². The second kappa shape index (κ2) is 10.4. The van der Waals surface area contributed by atoms with E-state index in [1.807, 2.05) is 33.9 Å². The van der Waals surface area contributed by atoms with Gasteiger partial charge in [-0.25, -0.2) is 0 Å². The van der Waals surface area contributed by atoms with Crippen LogP contribution in [0, 0.1) is 6.92 Å². The molecule has 1 aromatic rings. The highest BCUT2D eigenvalue weighted by Gasteiger charge is 2.13. The molecule has 0 aliphatic rings. The third-order valence-electron chi connectivity index (χ3n) is 2.65. The fourth-order valence-electron chi connectivity index (χ4n) is 1.85. The molecule has 0 radical (unpaired) electrons. The van der Waals surface area contributed by atoms with Gasteiger partial charge in [0.1, 0.15) is 0 Å². The van der Waals surface area contributed by atoms with Crippen LogP contribution >= 0.6 is 11.3 Å². The van der Waals surface area contributed by atoms with Crippen molar-refractivity contribution in [2.45, 2.75) is 48.5 Å². The maximum Gasteiger partial charge on any atom is 0.0758 e. The average molecular weight is 289 g/mol. The fourth-order valence-corrected chi connectivity index (χ4v) is 3.14. The van der Waals surface area contributed by atoms with E-state index in [1.165, 1.54) is 20.9 Å². The standard InChI is InChI=1S/C16H21NS.C2H6/c1-6-10-13-12(5)16(14(8-3)17-9-4)18-15(13)11-7-2;1-2/h6-11H,1-5H3;1-2H3/b10-6-,11-7-,14-8-,17-9?;. The van der Waals surface area contributed by atoms with E-state index < -0.39 is 0 Å². The van der Waals surface area contributed by atoms with E-state index in [1.54, 1.807) is 11.3 Å². The van der Waals surface area contributed by atoms with Crippen LogP contribution < -0.4 is 0 Å². The van der Waals surface area contributed by atoms with Gasteiger partial charge in [-0.3, -0.25) is 4.99 Å². The van der Waals surface area contributed by atoms with Crippen molar-refractivity contribution < 1.29 is 0 Å². The smallest absolute Gasteiger partial charge is 0.0758 e. The van der Waals surface area contributed by atoms with E-state index in [-0.39, 0.29) is 0 Å². The van der Waals surface area contributed by atoms with Gasteiger partial charge >= 0.3 is 0 Å². The number of aliphatic imine (C=N–C) groups is 1. The Morgan fingerprint density at radius 3 is 2.05 bits per heavy atom. The molecule has 0 aromatic carbocycles. The maximum absolute atomic E-state index is 4.45. The van der Waals surface area contributed by atoms with Crippen molar-refractivity contribution in [3.8, 4) is 0 Å². The molecule has 0 bridgehead atoms. The lowest BCUT2D eigenvalue weighted by Gasteiger charge is -1.99. The van der Waals surface area contributed by atoms with Crippen LogP contribution in [0.3, 0.4) is 0 Å². The normalized spacial score (nSPS) is 12.4. The van der Waals surface area contributed by atoms with Crippen molar-refractivity contribution in [3.05, 3.63) is 39.1 Å². The van der Waals surface area contributed by atoms with Gasteiger partial charge in [-0.1, -0.05) is 38.2 Å². The minimum atomic E-state index is 1.06. The molecule has 0 saturated heterocycles. The first-order valence-electron chi connectivity index (χ1n) is 7.23. The van der Waals surface area contributed by atoms with Crippen LogP contribution in [-0.2, 0) is 0 Å². The quantitative estimate of drug-likeness (QED) is 0.554. The number of hydrogen-bond donors (Lipinski definition) is 0. The molecule has 0 unspecified atom stereocenters. The summed E-state index contributed by atoms with van der Waals surface area (Å²) in [6, 6.07) is 0. The summed E-state index contributed by atoms with van der Waals surface area (Å²) >= 11 is 1.80. The van der Waals surface area contributed by atoms with E-state index in [9.17, 15) is 0 Å². The molecular weight excluding hydrogens is 262 g/mol. The SMILES string of the molecule is CC.CC=N/C(=C\C)c1sc(/C=C\C)c(/C=C\C)c1C.